The van der Waals surface area contributed by atoms with Gasteiger partial charge in [0.05, 0.1) is 12.8 Å². The van der Waals surface area contributed by atoms with Crippen LogP contribution in [0.3, 0.4) is 0 Å². The summed E-state index contributed by atoms with van der Waals surface area (Å²) in [6.07, 6.45) is 3.89. The van der Waals surface area contributed by atoms with E-state index in [-0.39, 0.29) is 35.1 Å². The van der Waals surface area contributed by atoms with Gasteiger partial charge in [-0.05, 0) is 71.6 Å². The number of hydrogen-bond donors (Lipinski definition) is 0. The zero-order valence-electron chi connectivity index (χ0n) is 23.1. The van der Waals surface area contributed by atoms with E-state index in [1.54, 1.807) is 59.8 Å². The highest BCUT2D eigenvalue weighted by atomic mass is 35.5. The second-order valence-electron chi connectivity index (χ2n) is 9.73. The molecule has 4 aromatic rings. The molecule has 2 amide bonds. The van der Waals surface area contributed by atoms with Crippen molar-refractivity contribution in [1.29, 1.82) is 0 Å². The van der Waals surface area contributed by atoms with Crippen LogP contribution in [0.2, 0.25) is 5.02 Å². The SMILES string of the molecule is COC(=O)[C@@H](Cc1ccccn1)N(Cc1ccc2c(c1)CCN(c1ccccn1)C2=O)C(=O)c1ccc(Cl)cc1N=[N+]=[N-]. The molecule has 1 aliphatic heterocycles. The Kier molecular flexibility index (Phi) is 8.95. The minimum Gasteiger partial charge on any atom is -0.467 e. The normalized spacial score (nSPS) is 13.0. The van der Waals surface area contributed by atoms with Crippen LogP contribution in [0.25, 0.3) is 10.4 Å². The number of amides is 2. The number of carbonyl (C=O) groups excluding carboxylic acids is 3. The standard InChI is InChI=1S/C31H26ClN7O4/c1-43-31(42)27(18-23-6-2-4-13-34-23)39(30(41)25-11-9-22(32)17-26(25)36-37-33)19-20-8-10-24-21(16-20)12-15-38(29(24)40)28-7-3-5-14-35-28/h2-11,13-14,16-17,27H,12,15,18-19H2,1H3/t27-/m1/s1. The summed E-state index contributed by atoms with van der Waals surface area (Å²) in [4.78, 5) is 55.1. The van der Waals surface area contributed by atoms with Gasteiger partial charge in [-0.2, -0.15) is 0 Å². The van der Waals surface area contributed by atoms with Crippen LogP contribution >= 0.6 is 11.6 Å². The Morgan fingerprint density at radius 3 is 2.58 bits per heavy atom. The number of anilines is 1. The fourth-order valence-corrected chi connectivity index (χ4v) is 5.20. The molecule has 0 fully saturated rings. The number of hydrogen-bond acceptors (Lipinski definition) is 7. The van der Waals surface area contributed by atoms with Gasteiger partial charge in [-0.1, -0.05) is 41.0 Å². The van der Waals surface area contributed by atoms with E-state index < -0.39 is 17.9 Å². The molecule has 2 aromatic carbocycles. The number of benzene rings is 2. The summed E-state index contributed by atoms with van der Waals surface area (Å²) in [5.74, 6) is -0.798. The van der Waals surface area contributed by atoms with E-state index in [2.05, 4.69) is 20.0 Å². The molecule has 1 aliphatic rings. The average molecular weight is 596 g/mol. The lowest BCUT2D eigenvalue weighted by atomic mass is 9.95. The predicted molar refractivity (Wildman–Crippen MR) is 160 cm³/mol. The predicted octanol–water partition coefficient (Wildman–Crippen LogP) is 5.70. The molecular formula is C31H26ClN7O4. The van der Waals surface area contributed by atoms with E-state index in [0.717, 1.165) is 5.56 Å². The van der Waals surface area contributed by atoms with Crippen molar-refractivity contribution in [2.75, 3.05) is 18.6 Å². The molecule has 12 heteroatoms. The van der Waals surface area contributed by atoms with E-state index in [9.17, 15) is 14.4 Å². The van der Waals surface area contributed by atoms with Crippen molar-refractivity contribution in [1.82, 2.24) is 14.9 Å². The Hall–Kier alpha value is -5.25. The van der Waals surface area contributed by atoms with Crippen LogP contribution in [-0.2, 0) is 28.9 Å². The van der Waals surface area contributed by atoms with Gasteiger partial charge >= 0.3 is 5.97 Å². The van der Waals surface area contributed by atoms with Crippen LogP contribution in [0, 0.1) is 0 Å². The number of pyridine rings is 2. The highest BCUT2D eigenvalue weighted by Gasteiger charge is 2.34. The van der Waals surface area contributed by atoms with Crippen molar-refractivity contribution in [3.8, 4) is 0 Å². The molecule has 3 heterocycles. The zero-order chi connectivity index (χ0) is 30.3. The van der Waals surface area contributed by atoms with Crippen molar-refractivity contribution in [3.05, 3.63) is 129 Å². The molecule has 0 unspecified atom stereocenters. The number of nitrogens with zero attached hydrogens (tertiary/aromatic N) is 7. The summed E-state index contributed by atoms with van der Waals surface area (Å²) in [5.41, 5.74) is 11.8. The quantitative estimate of drug-likeness (QED) is 0.105. The molecule has 0 bridgehead atoms. The van der Waals surface area contributed by atoms with E-state index in [4.69, 9.17) is 21.9 Å². The molecule has 0 radical (unpaired) electrons. The van der Waals surface area contributed by atoms with Crippen molar-refractivity contribution in [2.45, 2.75) is 25.4 Å². The fourth-order valence-electron chi connectivity index (χ4n) is 5.04. The first-order chi connectivity index (χ1) is 20.9. The lowest BCUT2D eigenvalue weighted by molar-refractivity contribution is -0.146. The van der Waals surface area contributed by atoms with Crippen LogP contribution in [-0.4, -0.2) is 52.3 Å². The highest BCUT2D eigenvalue weighted by molar-refractivity contribution is 6.31. The summed E-state index contributed by atoms with van der Waals surface area (Å²) >= 11 is 6.11. The molecule has 43 heavy (non-hydrogen) atoms. The van der Waals surface area contributed by atoms with Gasteiger partial charge < -0.3 is 9.64 Å². The third kappa shape index (κ3) is 6.48. The molecular weight excluding hydrogens is 570 g/mol. The van der Waals surface area contributed by atoms with Crippen LogP contribution < -0.4 is 4.90 Å². The summed E-state index contributed by atoms with van der Waals surface area (Å²) < 4.78 is 5.12. The molecule has 5 rings (SSSR count). The number of esters is 1. The first-order valence-electron chi connectivity index (χ1n) is 13.4. The van der Waals surface area contributed by atoms with Crippen molar-refractivity contribution >= 4 is 40.9 Å². The Labute approximate surface area is 252 Å². The molecule has 0 saturated heterocycles. The van der Waals surface area contributed by atoms with Gasteiger partial charge in [0, 0.05) is 58.7 Å². The number of ether oxygens (including phenoxy) is 1. The second-order valence-corrected chi connectivity index (χ2v) is 10.2. The van der Waals surface area contributed by atoms with E-state index in [1.807, 2.05) is 12.1 Å². The first kappa shape index (κ1) is 29.2. The van der Waals surface area contributed by atoms with Gasteiger partial charge in [0.15, 0.2) is 0 Å². The van der Waals surface area contributed by atoms with Gasteiger partial charge in [0.25, 0.3) is 11.8 Å². The van der Waals surface area contributed by atoms with Crippen LogP contribution in [0.15, 0.2) is 90.3 Å². The molecule has 216 valence electrons. The van der Waals surface area contributed by atoms with Gasteiger partial charge in [0.2, 0.25) is 0 Å². The molecule has 1 atom stereocenters. The minimum absolute atomic E-state index is 0.00477. The minimum atomic E-state index is -1.07. The van der Waals surface area contributed by atoms with E-state index >= 15 is 0 Å². The maximum atomic E-state index is 14.2. The smallest absolute Gasteiger partial charge is 0.329 e. The molecule has 0 aliphatic carbocycles. The fraction of sp³-hybridized carbons (Fsp3) is 0.194. The number of fused-ring (bicyclic) bond motifs is 1. The monoisotopic (exact) mass is 595 g/mol. The lowest BCUT2D eigenvalue weighted by Gasteiger charge is -2.31. The summed E-state index contributed by atoms with van der Waals surface area (Å²) in [6, 6.07) is 19.3. The van der Waals surface area contributed by atoms with Gasteiger partial charge in [-0.25, -0.2) is 9.78 Å². The number of rotatable bonds is 9. The number of carbonyl (C=O) groups is 3. The van der Waals surface area contributed by atoms with Gasteiger partial charge in [0.1, 0.15) is 11.9 Å². The molecule has 0 saturated carbocycles. The number of methoxy groups -OCH3 is 1. The van der Waals surface area contributed by atoms with Crippen LogP contribution in [0.5, 0.6) is 0 Å². The lowest BCUT2D eigenvalue weighted by Crippen LogP contribution is -2.46. The highest BCUT2D eigenvalue weighted by Crippen LogP contribution is 2.29. The Morgan fingerprint density at radius 2 is 1.88 bits per heavy atom. The Morgan fingerprint density at radius 1 is 1.09 bits per heavy atom. The molecule has 0 N–H and O–H groups in total. The van der Waals surface area contributed by atoms with Gasteiger partial charge in [-0.3, -0.25) is 19.5 Å². The second kappa shape index (κ2) is 13.2. The third-order valence-electron chi connectivity index (χ3n) is 7.11. The summed E-state index contributed by atoms with van der Waals surface area (Å²) in [5, 5.41) is 3.94. The van der Waals surface area contributed by atoms with Crippen LogP contribution in [0.1, 0.15) is 37.5 Å². The topological polar surface area (TPSA) is 141 Å². The zero-order valence-corrected chi connectivity index (χ0v) is 23.9. The average Bonchev–Trinajstić information content (AvgIpc) is 3.03. The van der Waals surface area contributed by atoms with Crippen LogP contribution in [0.4, 0.5) is 11.5 Å². The maximum Gasteiger partial charge on any atom is 0.329 e. The molecule has 11 nitrogen and oxygen atoms in total. The maximum absolute atomic E-state index is 14.2. The van der Waals surface area contributed by atoms with Crippen molar-refractivity contribution in [3.63, 3.8) is 0 Å². The third-order valence-corrected chi connectivity index (χ3v) is 7.35. The first-order valence-corrected chi connectivity index (χ1v) is 13.8. The summed E-state index contributed by atoms with van der Waals surface area (Å²) in [7, 11) is 1.25. The molecule has 2 aromatic heterocycles. The molecule has 0 spiro atoms. The number of halogens is 1. The van der Waals surface area contributed by atoms with Crippen molar-refractivity contribution < 1.29 is 19.1 Å². The summed E-state index contributed by atoms with van der Waals surface area (Å²) in [6.45, 7) is 0.439. The van der Waals surface area contributed by atoms with Crippen molar-refractivity contribution in [2.24, 2.45) is 5.11 Å². The largest absolute Gasteiger partial charge is 0.467 e. The number of aromatic nitrogens is 2. The van der Waals surface area contributed by atoms with Gasteiger partial charge in [-0.15, -0.1) is 0 Å². The van der Waals surface area contributed by atoms with E-state index in [0.29, 0.717) is 35.6 Å². The Balaban J connectivity index is 1.53. The number of azide groups is 1. The van der Waals surface area contributed by atoms with E-state index in [1.165, 1.54) is 30.2 Å². The Bertz CT molecular complexity index is 1710.